The van der Waals surface area contributed by atoms with E-state index in [4.69, 9.17) is 32.9 Å². The predicted molar refractivity (Wildman–Crippen MR) is 250 cm³/mol. The summed E-state index contributed by atoms with van der Waals surface area (Å²) in [6.07, 6.45) is 0. The van der Waals surface area contributed by atoms with Crippen LogP contribution in [-0.2, 0) is 32.9 Å². The summed E-state index contributed by atoms with van der Waals surface area (Å²) >= 11 is 0. The number of hydrogen-bond acceptors (Lipinski definition) is 8. The molecule has 4 aromatic rings. The van der Waals surface area contributed by atoms with Crippen LogP contribution in [0.25, 0.3) is 0 Å². The lowest BCUT2D eigenvalue weighted by molar-refractivity contribution is 0.265. The van der Waals surface area contributed by atoms with E-state index < -0.39 is 78.0 Å². The minimum Gasteiger partial charge on any atom is -0.440 e. The van der Waals surface area contributed by atoms with Gasteiger partial charge in [-0.15, -0.1) is 0 Å². The van der Waals surface area contributed by atoms with Gasteiger partial charge in [0.2, 0.25) is 0 Å². The van der Waals surface area contributed by atoms with Crippen LogP contribution in [0.4, 0.5) is 0 Å². The molecule has 0 N–H and O–H groups in total. The normalized spacial score (nSPS) is 13.8. The lowest BCUT2D eigenvalue weighted by atomic mass is 10.4. The van der Waals surface area contributed by atoms with Crippen LogP contribution < -0.4 is 20.7 Å². The highest BCUT2D eigenvalue weighted by Gasteiger charge is 2.58. The SMILES string of the molecule is C[SiH](C)O[Si](C)(C)O[Si](C)(C)O[Si](C)(C)O[Si](C)(C)O[Si](C)(C)O[Si](O[Si](O[SiH](C)C)(c1ccccc1)c1ccccc1)(c1ccccc1)c1ccccc1. The molecule has 8 nitrogen and oxygen atoms in total. The zero-order valence-electron chi connectivity index (χ0n) is 35.5. The first-order valence-electron chi connectivity index (χ1n) is 19.3. The summed E-state index contributed by atoms with van der Waals surface area (Å²) in [7, 11) is -23.8. The summed E-state index contributed by atoms with van der Waals surface area (Å²) < 4.78 is 57.2. The van der Waals surface area contributed by atoms with Crippen LogP contribution in [0.15, 0.2) is 121 Å². The van der Waals surface area contributed by atoms with Gasteiger partial charge in [0, 0.05) is 0 Å². The second kappa shape index (κ2) is 18.6. The van der Waals surface area contributed by atoms with Crippen molar-refractivity contribution in [3.8, 4) is 0 Å². The Kier molecular flexibility index (Phi) is 15.6. The van der Waals surface area contributed by atoms with E-state index in [0.29, 0.717) is 0 Å². The van der Waals surface area contributed by atoms with Crippen LogP contribution in [-0.4, -0.2) is 78.0 Å². The third kappa shape index (κ3) is 13.3. The molecule has 0 aliphatic carbocycles. The van der Waals surface area contributed by atoms with Crippen molar-refractivity contribution in [3.63, 3.8) is 0 Å². The zero-order valence-corrected chi connectivity index (χ0v) is 44.8. The van der Waals surface area contributed by atoms with E-state index in [1.54, 1.807) is 0 Å². The molecule has 0 amide bonds. The molecule has 0 aliphatic heterocycles. The van der Waals surface area contributed by atoms with Crippen LogP contribution in [0.3, 0.4) is 0 Å². The molecule has 55 heavy (non-hydrogen) atoms. The molecule has 0 radical (unpaired) electrons. The average Bonchev–Trinajstić information content (AvgIpc) is 3.06. The topological polar surface area (TPSA) is 73.8 Å². The summed E-state index contributed by atoms with van der Waals surface area (Å²) in [5.74, 6) is 0. The molecular formula is C38H64O8Si9. The maximum absolute atomic E-state index is 8.04. The van der Waals surface area contributed by atoms with Crippen molar-refractivity contribution >= 4 is 98.8 Å². The number of rotatable bonds is 20. The molecule has 17 heteroatoms. The molecule has 0 spiro atoms. The fourth-order valence-corrected chi connectivity index (χ4v) is 49.0. The number of hydrogen-bond donors (Lipinski definition) is 0. The van der Waals surface area contributed by atoms with E-state index in [1.165, 1.54) is 0 Å². The summed E-state index contributed by atoms with van der Waals surface area (Å²) in [6.45, 7) is 29.8. The molecular weight excluding hydrogens is 837 g/mol. The Morgan fingerprint density at radius 2 is 0.545 bits per heavy atom. The lowest BCUT2D eigenvalue weighted by Crippen LogP contribution is -2.78. The van der Waals surface area contributed by atoms with E-state index in [-0.39, 0.29) is 0 Å². The summed E-state index contributed by atoms with van der Waals surface area (Å²) in [6, 6.07) is 41.8. The Bertz CT molecular complexity index is 1690. The van der Waals surface area contributed by atoms with Gasteiger partial charge in [0.05, 0.1) is 0 Å². The van der Waals surface area contributed by atoms with E-state index in [2.05, 4.69) is 189 Å². The van der Waals surface area contributed by atoms with Gasteiger partial charge in [-0.05, 0) is 112 Å². The molecule has 0 atom stereocenters. The van der Waals surface area contributed by atoms with Crippen molar-refractivity contribution in [2.45, 2.75) is 91.7 Å². The van der Waals surface area contributed by atoms with Crippen LogP contribution >= 0.6 is 0 Å². The van der Waals surface area contributed by atoms with Gasteiger partial charge in [0.1, 0.15) is 0 Å². The van der Waals surface area contributed by atoms with Crippen molar-refractivity contribution in [1.29, 1.82) is 0 Å². The second-order valence-electron chi connectivity index (χ2n) is 16.6. The highest BCUT2D eigenvalue weighted by Crippen LogP contribution is 2.30. The Balaban J connectivity index is 1.82. The zero-order chi connectivity index (χ0) is 40.8. The van der Waals surface area contributed by atoms with Gasteiger partial charge in [-0.1, -0.05) is 121 Å². The fourth-order valence-electron chi connectivity index (χ4n) is 7.42. The number of benzene rings is 4. The highest BCUT2D eigenvalue weighted by molar-refractivity contribution is 7.08. The maximum Gasteiger partial charge on any atom is 0.389 e. The monoisotopic (exact) mass is 900 g/mol. The molecule has 0 heterocycles. The highest BCUT2D eigenvalue weighted by atomic mass is 28.5. The first-order valence-corrected chi connectivity index (χ1v) is 42.6. The van der Waals surface area contributed by atoms with Crippen LogP contribution in [0.2, 0.25) is 91.7 Å². The van der Waals surface area contributed by atoms with E-state index in [0.717, 1.165) is 20.7 Å². The lowest BCUT2D eigenvalue weighted by Gasteiger charge is -2.46. The van der Waals surface area contributed by atoms with Gasteiger partial charge in [0.25, 0.3) is 0 Å². The third-order valence-electron chi connectivity index (χ3n) is 8.18. The largest absolute Gasteiger partial charge is 0.440 e. The molecule has 0 aromatic heterocycles. The molecule has 0 saturated heterocycles. The molecule has 0 unspecified atom stereocenters. The van der Waals surface area contributed by atoms with E-state index >= 15 is 0 Å². The standard InChI is InChI=1S/C38H64O8Si9/c1-47(2)39-49(5,6)41-50(7,8)42-51(9,10)43-52(11,12)44-53(13,14)45-55(37-31-23-17-24-32-37,38-33-25-18-26-34-38)46-54(40-48(3)4,35-27-19-15-20-28-35)36-29-21-16-22-30-36/h15-34,47-48H,1-14H3. The van der Waals surface area contributed by atoms with E-state index in [9.17, 15) is 0 Å². The van der Waals surface area contributed by atoms with Gasteiger partial charge in [0.15, 0.2) is 18.1 Å². The average molecular weight is 902 g/mol. The van der Waals surface area contributed by atoms with Crippen LogP contribution in [0.5, 0.6) is 0 Å². The summed E-state index contributed by atoms with van der Waals surface area (Å²) in [4.78, 5) is 0. The Hall–Kier alpha value is -1.49. The Morgan fingerprint density at radius 3 is 0.836 bits per heavy atom. The van der Waals surface area contributed by atoms with Crippen molar-refractivity contribution < 1.29 is 32.9 Å². The third-order valence-corrected chi connectivity index (χ3v) is 41.1. The van der Waals surface area contributed by atoms with Crippen molar-refractivity contribution in [2.75, 3.05) is 0 Å². The van der Waals surface area contributed by atoms with Gasteiger partial charge < -0.3 is 32.9 Å². The van der Waals surface area contributed by atoms with Gasteiger partial charge in [-0.3, -0.25) is 0 Å². The summed E-state index contributed by atoms with van der Waals surface area (Å²) in [5.41, 5.74) is 0. The van der Waals surface area contributed by atoms with Crippen molar-refractivity contribution in [2.24, 2.45) is 0 Å². The summed E-state index contributed by atoms with van der Waals surface area (Å²) in [5, 5.41) is 4.06. The van der Waals surface area contributed by atoms with Gasteiger partial charge in [-0.2, -0.15) is 0 Å². The Morgan fingerprint density at radius 1 is 0.291 bits per heavy atom. The molecule has 0 saturated carbocycles. The second-order valence-corrected chi connectivity index (χ2v) is 46.4. The maximum atomic E-state index is 8.04. The van der Waals surface area contributed by atoms with Gasteiger partial charge in [-0.25, -0.2) is 0 Å². The van der Waals surface area contributed by atoms with Crippen molar-refractivity contribution in [3.05, 3.63) is 121 Å². The molecule has 4 aromatic carbocycles. The molecule has 4 rings (SSSR count). The molecule has 0 aliphatic rings. The van der Waals surface area contributed by atoms with E-state index in [1.807, 2.05) is 24.3 Å². The smallest absolute Gasteiger partial charge is 0.389 e. The first-order chi connectivity index (χ1) is 25.5. The van der Waals surface area contributed by atoms with Crippen molar-refractivity contribution in [1.82, 2.24) is 0 Å². The quantitative estimate of drug-likeness (QED) is 0.0871. The minimum absolute atomic E-state index is 0.991. The van der Waals surface area contributed by atoms with Crippen LogP contribution in [0.1, 0.15) is 0 Å². The molecule has 0 bridgehead atoms. The fraction of sp³-hybridized carbons (Fsp3) is 0.368. The Labute approximate surface area is 342 Å². The minimum atomic E-state index is -3.66. The molecule has 0 fully saturated rings. The van der Waals surface area contributed by atoms with Gasteiger partial charge >= 0.3 is 59.9 Å². The molecule has 300 valence electrons. The first kappa shape index (κ1) is 46.2. The predicted octanol–water partition coefficient (Wildman–Crippen LogP) is 7.11. The van der Waals surface area contributed by atoms with Crippen LogP contribution in [0, 0.1) is 0 Å².